The number of imidazole rings is 1. The number of carbonyl (C=O) groups is 1. The second-order valence-electron chi connectivity index (χ2n) is 6.43. The highest BCUT2D eigenvalue weighted by Gasteiger charge is 2.09. The first-order valence-electron chi connectivity index (χ1n) is 9.12. The largest absolute Gasteiger partial charge is 0.354 e. The van der Waals surface area contributed by atoms with E-state index in [-0.39, 0.29) is 5.91 Å². The summed E-state index contributed by atoms with van der Waals surface area (Å²) >= 11 is 0. The summed E-state index contributed by atoms with van der Waals surface area (Å²) in [6, 6.07) is 20.4. The summed E-state index contributed by atoms with van der Waals surface area (Å²) in [5, 5.41) is 3.03. The van der Waals surface area contributed by atoms with Gasteiger partial charge in [-0.1, -0.05) is 60.7 Å². The first kappa shape index (κ1) is 17.9. The number of nitrogens with one attached hydrogen (secondary N) is 1. The van der Waals surface area contributed by atoms with Crippen molar-refractivity contribution in [3.05, 3.63) is 78.1 Å². The monoisotopic (exact) mass is 347 g/mol. The molecule has 3 aromatic rings. The first-order valence-corrected chi connectivity index (χ1v) is 9.12. The summed E-state index contributed by atoms with van der Waals surface area (Å²) in [5.41, 5.74) is 3.47. The molecule has 0 fully saturated rings. The quantitative estimate of drug-likeness (QED) is 0.669. The van der Waals surface area contributed by atoms with Crippen molar-refractivity contribution in [2.24, 2.45) is 0 Å². The number of hydrogen-bond donors (Lipinski definition) is 1. The number of rotatable bonds is 8. The molecule has 1 N–H and O–H groups in total. The van der Waals surface area contributed by atoms with Crippen molar-refractivity contribution in [1.29, 1.82) is 0 Å². The summed E-state index contributed by atoms with van der Waals surface area (Å²) in [6.07, 6.45) is 4.25. The van der Waals surface area contributed by atoms with Crippen molar-refractivity contribution in [2.45, 2.75) is 32.7 Å². The molecule has 0 saturated carbocycles. The van der Waals surface area contributed by atoms with E-state index in [1.165, 1.54) is 5.56 Å². The topological polar surface area (TPSA) is 46.9 Å². The molecule has 0 atom stereocenters. The summed E-state index contributed by atoms with van der Waals surface area (Å²) < 4.78 is 2.15. The summed E-state index contributed by atoms with van der Waals surface area (Å²) in [5.74, 6) is 1.06. The molecule has 4 heteroatoms. The van der Waals surface area contributed by atoms with Crippen LogP contribution < -0.4 is 5.32 Å². The fraction of sp³-hybridized carbons (Fsp3) is 0.273. The van der Waals surface area contributed by atoms with E-state index in [2.05, 4.69) is 39.1 Å². The molecule has 0 aliphatic heterocycles. The van der Waals surface area contributed by atoms with Gasteiger partial charge < -0.3 is 9.88 Å². The second kappa shape index (κ2) is 8.99. The van der Waals surface area contributed by atoms with E-state index in [9.17, 15) is 4.79 Å². The van der Waals surface area contributed by atoms with E-state index < -0.39 is 0 Å². The molecule has 0 radical (unpaired) electrons. The lowest BCUT2D eigenvalue weighted by molar-refractivity contribution is -0.121. The average Bonchev–Trinajstić information content (AvgIpc) is 3.04. The van der Waals surface area contributed by atoms with Crippen LogP contribution in [0.2, 0.25) is 0 Å². The van der Waals surface area contributed by atoms with Crippen LogP contribution >= 0.6 is 0 Å². The first-order chi connectivity index (χ1) is 12.7. The van der Waals surface area contributed by atoms with E-state index in [0.717, 1.165) is 36.5 Å². The molecule has 1 aromatic heterocycles. The van der Waals surface area contributed by atoms with Crippen LogP contribution in [-0.4, -0.2) is 22.0 Å². The molecule has 2 aromatic carbocycles. The van der Waals surface area contributed by atoms with Gasteiger partial charge in [0.25, 0.3) is 0 Å². The minimum Gasteiger partial charge on any atom is -0.354 e. The number of aryl methyl sites for hydroxylation is 2. The highest BCUT2D eigenvalue weighted by molar-refractivity contribution is 5.75. The Bertz CT molecular complexity index is 825. The Morgan fingerprint density at radius 2 is 1.73 bits per heavy atom. The molecule has 0 spiro atoms. The van der Waals surface area contributed by atoms with Crippen LogP contribution in [0.25, 0.3) is 11.4 Å². The Balaban J connectivity index is 1.46. The van der Waals surface area contributed by atoms with Crippen molar-refractivity contribution in [1.82, 2.24) is 14.9 Å². The minimum atomic E-state index is 0.111. The highest BCUT2D eigenvalue weighted by atomic mass is 16.1. The minimum absolute atomic E-state index is 0.111. The van der Waals surface area contributed by atoms with E-state index >= 15 is 0 Å². The van der Waals surface area contributed by atoms with Crippen LogP contribution in [0.3, 0.4) is 0 Å². The summed E-state index contributed by atoms with van der Waals surface area (Å²) in [4.78, 5) is 16.6. The van der Waals surface area contributed by atoms with Crippen LogP contribution in [0, 0.1) is 6.92 Å². The zero-order chi connectivity index (χ0) is 18.2. The molecule has 0 aliphatic rings. The predicted molar refractivity (Wildman–Crippen MR) is 105 cm³/mol. The van der Waals surface area contributed by atoms with E-state index in [1.54, 1.807) is 0 Å². The van der Waals surface area contributed by atoms with E-state index in [0.29, 0.717) is 13.0 Å². The number of amides is 1. The number of aromatic nitrogens is 2. The number of benzene rings is 2. The second-order valence-corrected chi connectivity index (χ2v) is 6.43. The Kier molecular flexibility index (Phi) is 6.20. The molecule has 134 valence electrons. The Morgan fingerprint density at radius 1 is 1.04 bits per heavy atom. The Labute approximate surface area is 154 Å². The predicted octanol–water partition coefficient (Wildman–Crippen LogP) is 4.00. The Hall–Kier alpha value is -2.88. The third-order valence-corrected chi connectivity index (χ3v) is 4.46. The zero-order valence-electron chi connectivity index (χ0n) is 15.2. The third kappa shape index (κ3) is 4.82. The molecule has 3 rings (SSSR count). The van der Waals surface area contributed by atoms with Gasteiger partial charge >= 0.3 is 0 Å². The number of hydrogen-bond acceptors (Lipinski definition) is 2. The maximum absolute atomic E-state index is 12.1. The van der Waals surface area contributed by atoms with Gasteiger partial charge in [-0.2, -0.15) is 0 Å². The van der Waals surface area contributed by atoms with Crippen LogP contribution in [0.1, 0.15) is 24.1 Å². The lowest BCUT2D eigenvalue weighted by Crippen LogP contribution is -2.27. The fourth-order valence-electron chi connectivity index (χ4n) is 3.05. The van der Waals surface area contributed by atoms with Crippen molar-refractivity contribution >= 4 is 5.91 Å². The third-order valence-electron chi connectivity index (χ3n) is 4.46. The van der Waals surface area contributed by atoms with Crippen LogP contribution in [0.5, 0.6) is 0 Å². The van der Waals surface area contributed by atoms with Crippen molar-refractivity contribution in [3.63, 3.8) is 0 Å². The van der Waals surface area contributed by atoms with Gasteiger partial charge in [-0.25, -0.2) is 4.98 Å². The van der Waals surface area contributed by atoms with E-state index in [1.807, 2.05) is 49.5 Å². The maximum Gasteiger partial charge on any atom is 0.220 e. The molecule has 0 saturated heterocycles. The van der Waals surface area contributed by atoms with Gasteiger partial charge in [0.2, 0.25) is 5.91 Å². The van der Waals surface area contributed by atoms with Gasteiger partial charge in [0.05, 0.1) is 0 Å². The molecule has 4 nitrogen and oxygen atoms in total. The molecule has 0 aliphatic carbocycles. The normalized spacial score (nSPS) is 10.7. The molecular formula is C22H25N3O. The van der Waals surface area contributed by atoms with Gasteiger partial charge in [-0.3, -0.25) is 4.79 Å². The molecule has 0 unspecified atom stereocenters. The zero-order valence-corrected chi connectivity index (χ0v) is 15.2. The lowest BCUT2D eigenvalue weighted by Gasteiger charge is -2.11. The van der Waals surface area contributed by atoms with Crippen molar-refractivity contribution in [3.8, 4) is 11.4 Å². The molecule has 0 bridgehead atoms. The van der Waals surface area contributed by atoms with Crippen molar-refractivity contribution < 1.29 is 4.79 Å². The molecular weight excluding hydrogens is 322 g/mol. The number of nitrogens with zero attached hydrogens (tertiary/aromatic N) is 2. The van der Waals surface area contributed by atoms with Gasteiger partial charge in [0.15, 0.2) is 0 Å². The smallest absolute Gasteiger partial charge is 0.220 e. The maximum atomic E-state index is 12.1. The fourth-order valence-corrected chi connectivity index (χ4v) is 3.05. The van der Waals surface area contributed by atoms with Crippen LogP contribution in [-0.2, 0) is 17.8 Å². The molecule has 1 amide bonds. The lowest BCUT2D eigenvalue weighted by atomic mass is 10.1. The van der Waals surface area contributed by atoms with Gasteiger partial charge in [0.1, 0.15) is 5.82 Å². The van der Waals surface area contributed by atoms with Gasteiger partial charge in [0, 0.05) is 37.0 Å². The number of carbonyl (C=O) groups excluding carboxylic acids is 1. The van der Waals surface area contributed by atoms with Gasteiger partial charge in [-0.05, 0) is 25.3 Å². The molecule has 1 heterocycles. The standard InChI is InChI=1S/C22H25N3O/c1-18-17-24-22(20-12-6-3-7-13-20)25(18)16-15-23-21(26)14-8-11-19-9-4-2-5-10-19/h2-7,9-10,12-13,17H,8,11,14-16H2,1H3,(H,23,26). The SMILES string of the molecule is Cc1cnc(-c2ccccc2)n1CCNC(=O)CCCc1ccccc1. The van der Waals surface area contributed by atoms with Crippen LogP contribution in [0.15, 0.2) is 66.9 Å². The highest BCUT2D eigenvalue weighted by Crippen LogP contribution is 2.18. The summed E-state index contributed by atoms with van der Waals surface area (Å²) in [7, 11) is 0. The van der Waals surface area contributed by atoms with Gasteiger partial charge in [-0.15, -0.1) is 0 Å². The average molecular weight is 347 g/mol. The Morgan fingerprint density at radius 3 is 2.46 bits per heavy atom. The molecule has 26 heavy (non-hydrogen) atoms. The summed E-state index contributed by atoms with van der Waals surface area (Å²) in [6.45, 7) is 3.38. The van der Waals surface area contributed by atoms with Crippen molar-refractivity contribution in [2.75, 3.05) is 6.54 Å². The van der Waals surface area contributed by atoms with Crippen LogP contribution in [0.4, 0.5) is 0 Å². The van der Waals surface area contributed by atoms with E-state index in [4.69, 9.17) is 0 Å².